The number of para-hydroxylation sites is 2. The molecule has 3 aromatic rings. The van der Waals surface area contributed by atoms with E-state index in [2.05, 4.69) is 18.0 Å². The Morgan fingerprint density at radius 2 is 1.88 bits per heavy atom. The summed E-state index contributed by atoms with van der Waals surface area (Å²) >= 11 is 0. The molecule has 2 amide bonds. The first-order chi connectivity index (χ1) is 16.4. The highest BCUT2D eigenvalue weighted by Crippen LogP contribution is 2.50. The number of aromatic nitrogens is 1. The number of nitrogens with one attached hydrogen (secondary N) is 1. The zero-order chi connectivity index (χ0) is 24.0. The molecule has 0 saturated carbocycles. The summed E-state index contributed by atoms with van der Waals surface area (Å²) in [7, 11) is 3.25. The van der Waals surface area contributed by atoms with Crippen molar-refractivity contribution in [1.29, 1.82) is 0 Å². The van der Waals surface area contributed by atoms with Crippen molar-refractivity contribution < 1.29 is 19.1 Å². The maximum absolute atomic E-state index is 13.9. The lowest BCUT2D eigenvalue weighted by atomic mass is 9.76. The van der Waals surface area contributed by atoms with Crippen molar-refractivity contribution in [3.8, 4) is 11.5 Å². The Hall–Kier alpha value is -3.48. The van der Waals surface area contributed by atoms with Gasteiger partial charge in [0.1, 0.15) is 0 Å². The van der Waals surface area contributed by atoms with Crippen molar-refractivity contribution in [2.45, 2.75) is 38.1 Å². The van der Waals surface area contributed by atoms with E-state index >= 15 is 0 Å². The molecule has 0 radical (unpaired) electrons. The van der Waals surface area contributed by atoms with Crippen LogP contribution in [-0.4, -0.2) is 60.5 Å². The van der Waals surface area contributed by atoms with Crippen molar-refractivity contribution in [3.63, 3.8) is 0 Å². The normalized spacial score (nSPS) is 22.1. The molecule has 2 aliphatic rings. The molecule has 0 unspecified atom stereocenters. The van der Waals surface area contributed by atoms with Crippen LogP contribution in [0.25, 0.3) is 10.9 Å². The third-order valence-corrected chi connectivity index (χ3v) is 7.41. The first kappa shape index (κ1) is 22.3. The van der Waals surface area contributed by atoms with Gasteiger partial charge in [-0.25, -0.2) is 0 Å². The van der Waals surface area contributed by atoms with Gasteiger partial charge in [0.05, 0.1) is 26.5 Å². The first-order valence-electron chi connectivity index (χ1n) is 11.9. The fourth-order valence-corrected chi connectivity index (χ4v) is 5.67. The minimum Gasteiger partial charge on any atom is -0.493 e. The number of methoxy groups -OCH3 is 2. The van der Waals surface area contributed by atoms with E-state index in [-0.39, 0.29) is 24.3 Å². The number of carbonyl (C=O) groups excluding carboxylic acids is 2. The Labute approximate surface area is 199 Å². The van der Waals surface area contributed by atoms with Gasteiger partial charge in [0.2, 0.25) is 5.91 Å². The summed E-state index contributed by atoms with van der Waals surface area (Å²) in [6, 6.07) is 13.9. The number of hydrogen-bond acceptors (Lipinski definition) is 4. The van der Waals surface area contributed by atoms with Gasteiger partial charge in [-0.2, -0.15) is 0 Å². The van der Waals surface area contributed by atoms with Gasteiger partial charge < -0.3 is 24.3 Å². The third kappa shape index (κ3) is 3.10. The lowest BCUT2D eigenvalue weighted by molar-refractivity contribution is -0.166. The van der Waals surface area contributed by atoms with Gasteiger partial charge >= 0.3 is 0 Å². The summed E-state index contributed by atoms with van der Waals surface area (Å²) in [5.74, 6) is 1.05. The van der Waals surface area contributed by atoms with E-state index in [1.807, 2.05) is 43.3 Å². The molecule has 7 heteroatoms. The molecule has 0 bridgehead atoms. The molecule has 7 nitrogen and oxygen atoms in total. The van der Waals surface area contributed by atoms with E-state index in [1.165, 1.54) is 0 Å². The fourth-order valence-electron chi connectivity index (χ4n) is 5.67. The number of aromatic amines is 1. The second-order valence-electron chi connectivity index (χ2n) is 9.25. The number of rotatable bonds is 6. The van der Waals surface area contributed by atoms with Crippen LogP contribution in [0.3, 0.4) is 0 Å². The number of ether oxygens (including phenoxy) is 2. The molecule has 0 aliphatic carbocycles. The molecule has 2 aromatic carbocycles. The molecule has 5 rings (SSSR count). The number of hydrogen-bond donors (Lipinski definition) is 1. The second kappa shape index (κ2) is 8.38. The van der Waals surface area contributed by atoms with E-state index in [0.29, 0.717) is 24.6 Å². The number of benzene rings is 2. The fraction of sp³-hybridized carbons (Fsp3) is 0.407. The minimum atomic E-state index is -1.08. The molecule has 34 heavy (non-hydrogen) atoms. The number of carbonyl (C=O) groups is 2. The highest BCUT2D eigenvalue weighted by Gasteiger charge is 2.56. The maximum Gasteiger partial charge on any atom is 0.254 e. The summed E-state index contributed by atoms with van der Waals surface area (Å²) in [5.41, 5.74) is 2.63. The molecule has 1 N–H and O–H groups in total. The molecule has 178 valence electrons. The van der Waals surface area contributed by atoms with E-state index in [0.717, 1.165) is 40.6 Å². The molecule has 0 spiro atoms. The topological polar surface area (TPSA) is 74.9 Å². The van der Waals surface area contributed by atoms with Crippen LogP contribution in [-0.2, 0) is 15.1 Å². The number of unbranched alkanes of at least 4 members (excludes halogenated alkanes) is 1. The summed E-state index contributed by atoms with van der Waals surface area (Å²) in [4.78, 5) is 34.4. The van der Waals surface area contributed by atoms with Crippen molar-refractivity contribution >= 4 is 22.7 Å². The molecule has 1 aromatic heterocycles. The zero-order valence-corrected chi connectivity index (χ0v) is 20.2. The summed E-state index contributed by atoms with van der Waals surface area (Å²) in [6.07, 6.45) is 1.84. The van der Waals surface area contributed by atoms with Crippen LogP contribution in [0.4, 0.5) is 0 Å². The Bertz CT molecular complexity index is 1270. The zero-order valence-electron chi connectivity index (χ0n) is 20.2. The van der Waals surface area contributed by atoms with Crippen LogP contribution in [0, 0.1) is 0 Å². The SMILES string of the molecule is CCCCN1CC(=O)N2C[C@@H](c3cccc(OC)c3OC)c3c([nH]c4ccccc34)[C@@]2(C)C1=O. The number of H-pyrrole nitrogens is 1. The van der Waals surface area contributed by atoms with Crippen LogP contribution in [0.2, 0.25) is 0 Å². The molecule has 2 aliphatic heterocycles. The van der Waals surface area contributed by atoms with Gasteiger partial charge in [-0.3, -0.25) is 9.59 Å². The quantitative estimate of drug-likeness (QED) is 0.602. The van der Waals surface area contributed by atoms with Gasteiger partial charge in [-0.15, -0.1) is 0 Å². The average Bonchev–Trinajstić information content (AvgIpc) is 3.26. The van der Waals surface area contributed by atoms with E-state index in [4.69, 9.17) is 9.47 Å². The Morgan fingerprint density at radius 1 is 1.09 bits per heavy atom. The van der Waals surface area contributed by atoms with Crippen LogP contribution in [0.1, 0.15) is 49.4 Å². The first-order valence-corrected chi connectivity index (χ1v) is 11.9. The highest BCUT2D eigenvalue weighted by atomic mass is 16.5. The van der Waals surface area contributed by atoms with Crippen LogP contribution < -0.4 is 9.47 Å². The molecule has 1 fully saturated rings. The van der Waals surface area contributed by atoms with E-state index in [1.54, 1.807) is 24.0 Å². The van der Waals surface area contributed by atoms with Gasteiger partial charge in [-0.1, -0.05) is 43.7 Å². The highest BCUT2D eigenvalue weighted by molar-refractivity contribution is 6.01. The van der Waals surface area contributed by atoms with E-state index in [9.17, 15) is 9.59 Å². The average molecular weight is 462 g/mol. The molecule has 1 saturated heterocycles. The van der Waals surface area contributed by atoms with Crippen molar-refractivity contribution in [2.75, 3.05) is 33.9 Å². The van der Waals surface area contributed by atoms with Gasteiger partial charge in [-0.05, 0) is 31.0 Å². The minimum absolute atomic E-state index is 0.0237. The predicted octanol–water partition coefficient (Wildman–Crippen LogP) is 4.02. The second-order valence-corrected chi connectivity index (χ2v) is 9.25. The van der Waals surface area contributed by atoms with Crippen LogP contribution >= 0.6 is 0 Å². The molecular weight excluding hydrogens is 430 g/mol. The molecule has 3 heterocycles. The predicted molar refractivity (Wildman–Crippen MR) is 130 cm³/mol. The third-order valence-electron chi connectivity index (χ3n) is 7.41. The van der Waals surface area contributed by atoms with Crippen molar-refractivity contribution in [2.24, 2.45) is 0 Å². The lowest BCUT2D eigenvalue weighted by Crippen LogP contribution is -2.67. The van der Waals surface area contributed by atoms with Crippen molar-refractivity contribution in [1.82, 2.24) is 14.8 Å². The number of nitrogens with zero attached hydrogens (tertiary/aromatic N) is 2. The summed E-state index contributed by atoms with van der Waals surface area (Å²) < 4.78 is 11.3. The lowest BCUT2D eigenvalue weighted by Gasteiger charge is -2.51. The van der Waals surface area contributed by atoms with Crippen molar-refractivity contribution in [3.05, 3.63) is 59.3 Å². The van der Waals surface area contributed by atoms with Gasteiger partial charge in [0.15, 0.2) is 17.0 Å². The Morgan fingerprint density at radius 3 is 2.62 bits per heavy atom. The molecular formula is C27H31N3O4. The largest absolute Gasteiger partial charge is 0.493 e. The standard InChI is InChI=1S/C27H31N3O4/c1-5-6-14-29-16-22(31)30-15-19(17-11-9-13-21(33-3)24(17)34-4)23-18-10-7-8-12-20(18)28-25(23)27(30,2)26(29)32/h7-13,19,28H,5-6,14-16H2,1-4H3/t19-,27-/m0/s1. The number of amides is 2. The summed E-state index contributed by atoms with van der Waals surface area (Å²) in [6.45, 7) is 5.07. The summed E-state index contributed by atoms with van der Waals surface area (Å²) in [5, 5.41) is 1.05. The smallest absolute Gasteiger partial charge is 0.254 e. The van der Waals surface area contributed by atoms with Gasteiger partial charge in [0, 0.05) is 35.5 Å². The maximum atomic E-state index is 13.9. The Kier molecular flexibility index (Phi) is 5.50. The van der Waals surface area contributed by atoms with E-state index < -0.39 is 5.54 Å². The Balaban J connectivity index is 1.75. The van der Waals surface area contributed by atoms with Gasteiger partial charge in [0.25, 0.3) is 5.91 Å². The molecule has 2 atom stereocenters. The van der Waals surface area contributed by atoms with Crippen LogP contribution in [0.5, 0.6) is 11.5 Å². The monoisotopic (exact) mass is 461 g/mol. The number of fused-ring (bicyclic) bond motifs is 5. The van der Waals surface area contributed by atoms with Crippen LogP contribution in [0.15, 0.2) is 42.5 Å². The number of piperazine rings is 1.